The highest BCUT2D eigenvalue weighted by atomic mass is 35.5. The van der Waals surface area contributed by atoms with Gasteiger partial charge in [0.1, 0.15) is 5.54 Å². The Balaban J connectivity index is 1.92. The van der Waals surface area contributed by atoms with Crippen molar-refractivity contribution in [3.8, 4) is 11.5 Å². The molecule has 5 nitrogen and oxygen atoms in total. The number of hydrogen-bond acceptors (Lipinski definition) is 4. The molecular weight excluding hydrogens is 388 g/mol. The van der Waals surface area contributed by atoms with Crippen LogP contribution in [0.25, 0.3) is 0 Å². The molecule has 29 heavy (non-hydrogen) atoms. The molecule has 2 N–H and O–H groups in total. The molecule has 0 radical (unpaired) electrons. The topological polar surface area (TPSA) is 74.7 Å². The lowest BCUT2D eigenvalue weighted by atomic mass is 9.63. The number of halogens is 1. The van der Waals surface area contributed by atoms with Gasteiger partial charge in [0, 0.05) is 52.5 Å². The smallest absolute Gasteiger partial charge is 0.248 e. The molecule has 1 aromatic heterocycles. The Morgan fingerprint density at radius 3 is 2.90 bits per heavy atom. The van der Waals surface area contributed by atoms with Crippen LogP contribution in [0.2, 0.25) is 5.02 Å². The number of phenols is 1. The first-order valence-electron chi connectivity index (χ1n) is 9.56. The van der Waals surface area contributed by atoms with Crippen LogP contribution in [0.1, 0.15) is 37.1 Å². The maximum absolute atomic E-state index is 11.9. The molecule has 4 rings (SSSR count). The Hall–Kier alpha value is -2.79. The number of fused-ring (bicyclic) bond motifs is 4. The van der Waals surface area contributed by atoms with Gasteiger partial charge in [0.2, 0.25) is 5.56 Å². The van der Waals surface area contributed by atoms with E-state index < -0.39 is 5.54 Å². The van der Waals surface area contributed by atoms with Crippen LogP contribution in [0.5, 0.6) is 11.5 Å². The van der Waals surface area contributed by atoms with E-state index in [-0.39, 0.29) is 17.2 Å². The summed E-state index contributed by atoms with van der Waals surface area (Å²) in [5, 5.41) is 11.0. The van der Waals surface area contributed by atoms with Gasteiger partial charge in [0.15, 0.2) is 11.5 Å². The highest BCUT2D eigenvalue weighted by Gasteiger charge is 2.46. The number of hydrogen-bond donors (Lipinski definition) is 2. The number of ether oxygens (including phenoxy) is 1. The Labute approximate surface area is 174 Å². The van der Waals surface area contributed by atoms with E-state index in [4.69, 9.17) is 21.3 Å². The number of pyridine rings is 1. The molecule has 0 amide bonds. The summed E-state index contributed by atoms with van der Waals surface area (Å²) in [5.41, 5.74) is 4.12. The fourth-order valence-electron chi connectivity index (χ4n) is 4.68. The van der Waals surface area contributed by atoms with E-state index in [9.17, 15) is 9.90 Å². The van der Waals surface area contributed by atoms with Crippen LogP contribution in [0.3, 0.4) is 0 Å². The molecular formula is C23H23ClN2O3. The summed E-state index contributed by atoms with van der Waals surface area (Å²) in [6.07, 6.45) is 7.49. The molecule has 0 fully saturated rings. The fourth-order valence-corrected chi connectivity index (χ4v) is 4.90. The van der Waals surface area contributed by atoms with Crippen molar-refractivity contribution in [1.82, 2.24) is 4.98 Å². The molecule has 1 aromatic carbocycles. The largest absolute Gasteiger partial charge is 0.504 e. The van der Waals surface area contributed by atoms with Gasteiger partial charge >= 0.3 is 0 Å². The summed E-state index contributed by atoms with van der Waals surface area (Å²) in [6.45, 7) is 4.14. The highest BCUT2D eigenvalue weighted by molar-refractivity contribution is 6.31. The fraction of sp³-hybridized carbons (Fsp3) is 0.304. The van der Waals surface area contributed by atoms with E-state index in [1.807, 2.05) is 13.0 Å². The molecule has 1 heterocycles. The zero-order valence-corrected chi connectivity index (χ0v) is 17.4. The summed E-state index contributed by atoms with van der Waals surface area (Å²) < 4.78 is 5.21. The van der Waals surface area contributed by atoms with Crippen molar-refractivity contribution in [2.24, 2.45) is 10.9 Å². The summed E-state index contributed by atoms with van der Waals surface area (Å²) in [5.74, 6) is 0.476. The van der Waals surface area contributed by atoms with Gasteiger partial charge in [-0.15, -0.1) is 0 Å². The van der Waals surface area contributed by atoms with Gasteiger partial charge in [-0.2, -0.15) is 0 Å². The summed E-state index contributed by atoms with van der Waals surface area (Å²) in [4.78, 5) is 20.0. The Bertz CT molecular complexity index is 1130. The van der Waals surface area contributed by atoms with Crippen LogP contribution in [0, 0.1) is 5.92 Å². The molecule has 0 saturated carbocycles. The zero-order valence-electron chi connectivity index (χ0n) is 16.6. The minimum absolute atomic E-state index is 0.00352. The number of nitrogens with zero attached hydrogens (tertiary/aromatic N) is 1. The SMILES string of the molecule is C/C=C1/C2C=C(C)CC1(/N=C/c1cc(Cl)cc(OC)c1O)c1ccc(=O)[nH]c1C2. The molecule has 2 unspecified atom stereocenters. The van der Waals surface area contributed by atoms with Gasteiger partial charge < -0.3 is 14.8 Å². The number of phenolic OH excluding ortho intramolecular Hbond substituents is 1. The predicted octanol–water partition coefficient (Wildman–Crippen LogP) is 4.53. The Morgan fingerprint density at radius 2 is 2.17 bits per heavy atom. The number of benzene rings is 1. The third kappa shape index (κ3) is 3.19. The van der Waals surface area contributed by atoms with E-state index >= 15 is 0 Å². The van der Waals surface area contributed by atoms with Crippen molar-refractivity contribution >= 4 is 17.8 Å². The van der Waals surface area contributed by atoms with Gasteiger partial charge in [0.25, 0.3) is 0 Å². The van der Waals surface area contributed by atoms with Crippen molar-refractivity contribution in [2.75, 3.05) is 7.11 Å². The molecule has 150 valence electrons. The quantitative estimate of drug-likeness (QED) is 0.576. The molecule has 2 bridgehead atoms. The lowest BCUT2D eigenvalue weighted by Crippen LogP contribution is -2.40. The van der Waals surface area contributed by atoms with Crippen molar-refractivity contribution in [1.29, 1.82) is 0 Å². The Morgan fingerprint density at radius 1 is 1.38 bits per heavy atom. The third-order valence-electron chi connectivity index (χ3n) is 5.79. The molecule has 6 heteroatoms. The molecule has 2 aliphatic rings. The van der Waals surface area contributed by atoms with Gasteiger partial charge in [-0.3, -0.25) is 9.79 Å². The maximum atomic E-state index is 11.9. The molecule has 2 aliphatic carbocycles. The minimum atomic E-state index is -0.627. The monoisotopic (exact) mass is 410 g/mol. The second-order valence-corrected chi connectivity index (χ2v) is 8.06. The van der Waals surface area contributed by atoms with E-state index in [1.54, 1.807) is 24.4 Å². The van der Waals surface area contributed by atoms with Crippen LogP contribution in [-0.4, -0.2) is 23.4 Å². The maximum Gasteiger partial charge on any atom is 0.248 e. The lowest BCUT2D eigenvalue weighted by Gasteiger charge is -2.45. The molecule has 2 aromatic rings. The first kappa shape index (κ1) is 19.5. The minimum Gasteiger partial charge on any atom is -0.504 e. The highest BCUT2D eigenvalue weighted by Crippen LogP contribution is 2.52. The first-order chi connectivity index (χ1) is 13.9. The number of nitrogens with one attached hydrogen (secondary N) is 1. The number of allylic oxidation sites excluding steroid dienone is 2. The number of methoxy groups -OCH3 is 1. The average molecular weight is 411 g/mol. The van der Waals surface area contributed by atoms with Gasteiger partial charge in [-0.25, -0.2) is 0 Å². The van der Waals surface area contributed by atoms with E-state index in [0.29, 0.717) is 22.8 Å². The van der Waals surface area contributed by atoms with E-state index in [0.717, 1.165) is 17.7 Å². The Kier molecular flexibility index (Phi) is 4.87. The first-order valence-corrected chi connectivity index (χ1v) is 9.94. The number of rotatable bonds is 3. The van der Waals surface area contributed by atoms with Crippen molar-refractivity contribution < 1.29 is 9.84 Å². The number of aromatic amines is 1. The average Bonchev–Trinajstić information content (AvgIpc) is 2.67. The summed E-state index contributed by atoms with van der Waals surface area (Å²) in [7, 11) is 1.48. The summed E-state index contributed by atoms with van der Waals surface area (Å²) in [6, 6.07) is 6.65. The number of aromatic nitrogens is 1. The van der Waals surface area contributed by atoms with Gasteiger partial charge in [-0.05, 0) is 38.0 Å². The molecule has 0 aliphatic heterocycles. The molecule has 2 atom stereocenters. The van der Waals surface area contributed by atoms with E-state index in [1.165, 1.54) is 18.3 Å². The second kappa shape index (κ2) is 7.23. The second-order valence-electron chi connectivity index (χ2n) is 7.62. The standard InChI is InChI=1S/C23H23ClN2O3/c1-4-17-14-7-13(2)11-23(17,18-5-6-21(27)26-19(18)9-14)25-12-15-8-16(24)10-20(29-3)22(15)28/h4-8,10,12,14,28H,9,11H2,1-3H3,(H,26,27)/b17-4-,25-12+. The van der Waals surface area contributed by atoms with Gasteiger partial charge in [-0.1, -0.05) is 29.3 Å². The number of aliphatic imine (C=N–C) groups is 1. The van der Waals surface area contributed by atoms with Crippen molar-refractivity contribution in [3.05, 3.63) is 79.8 Å². The van der Waals surface area contributed by atoms with Crippen LogP contribution in [0.4, 0.5) is 0 Å². The lowest BCUT2D eigenvalue weighted by molar-refractivity contribution is 0.373. The van der Waals surface area contributed by atoms with Crippen LogP contribution < -0.4 is 10.3 Å². The number of H-pyrrole nitrogens is 1. The van der Waals surface area contributed by atoms with Crippen LogP contribution >= 0.6 is 11.6 Å². The zero-order chi connectivity index (χ0) is 20.8. The summed E-state index contributed by atoms with van der Waals surface area (Å²) >= 11 is 6.19. The van der Waals surface area contributed by atoms with Crippen LogP contribution in [0.15, 0.2) is 57.4 Å². The van der Waals surface area contributed by atoms with Crippen molar-refractivity contribution in [2.45, 2.75) is 32.2 Å². The van der Waals surface area contributed by atoms with Gasteiger partial charge in [0.05, 0.1) is 7.11 Å². The van der Waals surface area contributed by atoms with Crippen molar-refractivity contribution in [3.63, 3.8) is 0 Å². The van der Waals surface area contributed by atoms with Crippen LogP contribution in [-0.2, 0) is 12.0 Å². The predicted molar refractivity (Wildman–Crippen MR) is 115 cm³/mol. The third-order valence-corrected chi connectivity index (χ3v) is 6.01. The molecule has 0 spiro atoms. The number of aromatic hydroxyl groups is 1. The normalized spacial score (nSPS) is 24.5. The molecule has 0 saturated heterocycles. The van der Waals surface area contributed by atoms with E-state index in [2.05, 4.69) is 24.1 Å².